The van der Waals surface area contributed by atoms with Crippen molar-refractivity contribution in [2.45, 2.75) is 19.4 Å². The molecule has 2 aromatic carbocycles. The lowest BCUT2D eigenvalue weighted by Gasteiger charge is -2.36. The van der Waals surface area contributed by atoms with Crippen molar-refractivity contribution in [3.8, 4) is 0 Å². The maximum Gasteiger partial charge on any atom is 0.228 e. The number of aliphatic hydroxyl groups excluding tert-OH is 1. The van der Waals surface area contributed by atoms with Crippen LogP contribution in [0.15, 0.2) is 48.5 Å². The quantitative estimate of drug-likeness (QED) is 0.643. The van der Waals surface area contributed by atoms with Gasteiger partial charge in [-0.05, 0) is 42.8 Å². The summed E-state index contributed by atoms with van der Waals surface area (Å²) in [6, 6.07) is 16.0. The van der Waals surface area contributed by atoms with Gasteiger partial charge >= 0.3 is 0 Å². The maximum absolute atomic E-state index is 9.60. The summed E-state index contributed by atoms with van der Waals surface area (Å²) < 4.78 is 0. The first-order valence-electron chi connectivity index (χ1n) is 10.1. The number of anilines is 3. The van der Waals surface area contributed by atoms with Crippen molar-refractivity contribution in [1.29, 1.82) is 0 Å². The van der Waals surface area contributed by atoms with E-state index in [9.17, 15) is 5.11 Å². The Bertz CT molecular complexity index is 953. The van der Waals surface area contributed by atoms with E-state index in [2.05, 4.69) is 27.2 Å². The Morgan fingerprint density at radius 1 is 1.00 bits per heavy atom. The van der Waals surface area contributed by atoms with Crippen LogP contribution in [0.4, 0.5) is 17.5 Å². The summed E-state index contributed by atoms with van der Waals surface area (Å²) >= 11 is 6.01. The molecule has 3 aromatic rings. The van der Waals surface area contributed by atoms with Gasteiger partial charge in [0.05, 0.1) is 18.2 Å². The topological polar surface area (TPSA) is 64.5 Å². The summed E-state index contributed by atoms with van der Waals surface area (Å²) in [6.45, 7) is 5.61. The standard InChI is InChI=1S/C22H26ClN5O/c1-2-17(15-29)24-21-19-5-3-4-6-20(19)25-22(26-21)28-13-11-27(12-14-28)18-9-7-16(23)8-10-18/h3-10,17,29H,2,11-15H2,1H3,(H,24,25,26). The van der Waals surface area contributed by atoms with Gasteiger partial charge in [0.25, 0.3) is 0 Å². The van der Waals surface area contributed by atoms with Crippen molar-refractivity contribution in [2.75, 3.05) is 47.9 Å². The number of piperazine rings is 1. The second-order valence-electron chi connectivity index (χ2n) is 7.27. The first kappa shape index (κ1) is 19.7. The van der Waals surface area contributed by atoms with Gasteiger partial charge in [-0.1, -0.05) is 30.7 Å². The van der Waals surface area contributed by atoms with Crippen molar-refractivity contribution >= 4 is 40.0 Å². The van der Waals surface area contributed by atoms with E-state index in [-0.39, 0.29) is 12.6 Å². The van der Waals surface area contributed by atoms with Crippen molar-refractivity contribution in [1.82, 2.24) is 9.97 Å². The second-order valence-corrected chi connectivity index (χ2v) is 7.71. The van der Waals surface area contributed by atoms with E-state index in [4.69, 9.17) is 21.6 Å². The van der Waals surface area contributed by atoms with Gasteiger partial charge in [0.1, 0.15) is 5.82 Å². The summed E-state index contributed by atoms with van der Waals surface area (Å²) in [5, 5.41) is 14.7. The molecule has 1 unspecified atom stereocenters. The number of benzene rings is 2. The smallest absolute Gasteiger partial charge is 0.228 e. The van der Waals surface area contributed by atoms with Crippen molar-refractivity contribution < 1.29 is 5.11 Å². The van der Waals surface area contributed by atoms with Gasteiger partial charge in [-0.15, -0.1) is 0 Å². The Morgan fingerprint density at radius 3 is 2.38 bits per heavy atom. The molecule has 0 bridgehead atoms. The Hall–Kier alpha value is -2.57. The largest absolute Gasteiger partial charge is 0.394 e. The molecule has 0 aliphatic carbocycles. The average Bonchev–Trinajstić information content (AvgIpc) is 2.78. The summed E-state index contributed by atoms with van der Waals surface area (Å²) in [7, 11) is 0. The van der Waals surface area contributed by atoms with Crippen LogP contribution in [0.2, 0.25) is 5.02 Å². The zero-order chi connectivity index (χ0) is 20.2. The highest BCUT2D eigenvalue weighted by atomic mass is 35.5. The molecule has 7 heteroatoms. The molecule has 0 spiro atoms. The number of nitrogens with zero attached hydrogens (tertiary/aromatic N) is 4. The minimum Gasteiger partial charge on any atom is -0.394 e. The fourth-order valence-corrected chi connectivity index (χ4v) is 3.73. The van der Waals surface area contributed by atoms with Gasteiger partial charge in [0, 0.05) is 42.3 Å². The molecule has 29 heavy (non-hydrogen) atoms. The van der Waals surface area contributed by atoms with Crippen molar-refractivity contribution in [3.05, 3.63) is 53.6 Å². The molecule has 1 aliphatic heterocycles. The second kappa shape index (κ2) is 8.84. The number of hydrogen-bond donors (Lipinski definition) is 2. The van der Waals surface area contributed by atoms with Crippen molar-refractivity contribution in [3.63, 3.8) is 0 Å². The number of aromatic nitrogens is 2. The van der Waals surface area contributed by atoms with Crippen LogP contribution in [0.1, 0.15) is 13.3 Å². The molecule has 2 N–H and O–H groups in total. The summed E-state index contributed by atoms with van der Waals surface area (Å²) in [6.07, 6.45) is 0.823. The molecule has 152 valence electrons. The average molecular weight is 412 g/mol. The van der Waals surface area contributed by atoms with E-state index in [1.165, 1.54) is 5.69 Å². The highest BCUT2D eigenvalue weighted by Crippen LogP contribution is 2.26. The van der Waals surface area contributed by atoms with E-state index in [0.29, 0.717) is 0 Å². The molecule has 1 atom stereocenters. The molecule has 6 nitrogen and oxygen atoms in total. The third kappa shape index (κ3) is 4.38. The predicted octanol–water partition coefficient (Wildman–Crippen LogP) is 3.79. The molecule has 4 rings (SSSR count). The zero-order valence-electron chi connectivity index (χ0n) is 16.6. The van der Waals surface area contributed by atoms with Crippen LogP contribution < -0.4 is 15.1 Å². The van der Waals surface area contributed by atoms with Gasteiger partial charge < -0.3 is 20.2 Å². The molecular formula is C22H26ClN5O. The lowest BCUT2D eigenvalue weighted by Crippen LogP contribution is -2.47. The molecule has 0 radical (unpaired) electrons. The first-order chi connectivity index (χ1) is 14.2. The Balaban J connectivity index is 1.55. The van der Waals surface area contributed by atoms with Gasteiger partial charge in [0.2, 0.25) is 5.95 Å². The molecule has 2 heterocycles. The van der Waals surface area contributed by atoms with Crippen LogP contribution in [0, 0.1) is 0 Å². The SMILES string of the molecule is CCC(CO)Nc1nc(N2CCN(c3ccc(Cl)cc3)CC2)nc2ccccc12. The third-order valence-electron chi connectivity index (χ3n) is 5.40. The van der Waals surface area contributed by atoms with Gasteiger partial charge in [-0.3, -0.25) is 0 Å². The molecule has 1 saturated heterocycles. The number of aliphatic hydroxyl groups is 1. The number of nitrogens with one attached hydrogen (secondary N) is 1. The predicted molar refractivity (Wildman–Crippen MR) is 120 cm³/mol. The van der Waals surface area contributed by atoms with Crippen molar-refractivity contribution in [2.24, 2.45) is 0 Å². The van der Waals surface area contributed by atoms with Crippen LogP contribution in [-0.4, -0.2) is 53.9 Å². The van der Waals surface area contributed by atoms with E-state index < -0.39 is 0 Å². The molecule has 1 aromatic heterocycles. The van der Waals surface area contributed by atoms with Crippen LogP contribution in [-0.2, 0) is 0 Å². The lowest BCUT2D eigenvalue weighted by atomic mass is 10.2. The minimum absolute atomic E-state index is 0.0251. The zero-order valence-corrected chi connectivity index (χ0v) is 17.3. The van der Waals surface area contributed by atoms with Crippen LogP contribution in [0.5, 0.6) is 0 Å². The van der Waals surface area contributed by atoms with Crippen LogP contribution in [0.25, 0.3) is 10.9 Å². The Kier molecular flexibility index (Phi) is 6.02. The molecular weight excluding hydrogens is 386 g/mol. The molecule has 0 amide bonds. The fraction of sp³-hybridized carbons (Fsp3) is 0.364. The number of halogens is 1. The lowest BCUT2D eigenvalue weighted by molar-refractivity contribution is 0.271. The third-order valence-corrected chi connectivity index (χ3v) is 5.65. The monoisotopic (exact) mass is 411 g/mol. The van der Waals surface area contributed by atoms with E-state index in [1.54, 1.807) is 0 Å². The van der Waals surface area contributed by atoms with Crippen LogP contribution >= 0.6 is 11.6 Å². The van der Waals surface area contributed by atoms with Crippen LogP contribution in [0.3, 0.4) is 0 Å². The van der Waals surface area contributed by atoms with Gasteiger partial charge in [-0.25, -0.2) is 4.98 Å². The van der Waals surface area contributed by atoms with Gasteiger partial charge in [0.15, 0.2) is 0 Å². The summed E-state index contributed by atoms with van der Waals surface area (Å²) in [5.74, 6) is 1.52. The number of para-hydroxylation sites is 1. The number of hydrogen-bond acceptors (Lipinski definition) is 6. The minimum atomic E-state index is -0.0251. The molecule has 0 saturated carbocycles. The van der Waals surface area contributed by atoms with Gasteiger partial charge in [-0.2, -0.15) is 4.98 Å². The van der Waals surface area contributed by atoms with E-state index in [1.807, 2.05) is 43.3 Å². The fourth-order valence-electron chi connectivity index (χ4n) is 3.60. The highest BCUT2D eigenvalue weighted by Gasteiger charge is 2.21. The maximum atomic E-state index is 9.60. The first-order valence-corrected chi connectivity index (χ1v) is 10.5. The summed E-state index contributed by atoms with van der Waals surface area (Å²) in [5.41, 5.74) is 2.09. The highest BCUT2D eigenvalue weighted by molar-refractivity contribution is 6.30. The molecule has 1 aliphatic rings. The van der Waals surface area contributed by atoms with E-state index >= 15 is 0 Å². The Labute approximate surface area is 176 Å². The van der Waals surface area contributed by atoms with E-state index in [0.717, 1.165) is 60.3 Å². The number of rotatable bonds is 6. The normalized spacial score (nSPS) is 15.6. The summed E-state index contributed by atoms with van der Waals surface area (Å²) in [4.78, 5) is 14.2. The molecule has 1 fully saturated rings. The Morgan fingerprint density at radius 2 is 1.69 bits per heavy atom. The number of fused-ring (bicyclic) bond motifs is 1.